The highest BCUT2D eigenvalue weighted by Crippen LogP contribution is 2.28. The topological polar surface area (TPSA) is 35.2 Å². The zero-order valence-electron chi connectivity index (χ0n) is 13.2. The number of hydrogen-bond donors (Lipinski definition) is 1. The predicted molar refractivity (Wildman–Crippen MR) is 84.9 cm³/mol. The third-order valence-electron chi connectivity index (χ3n) is 4.83. The lowest BCUT2D eigenvalue weighted by atomic mass is 9.81. The van der Waals surface area contributed by atoms with Crippen molar-refractivity contribution in [3.63, 3.8) is 0 Å². The molecule has 1 aromatic carbocycles. The van der Waals surface area contributed by atoms with Gasteiger partial charge in [0.2, 0.25) is 0 Å². The van der Waals surface area contributed by atoms with Crippen LogP contribution in [0.15, 0.2) is 24.3 Å². The molecule has 0 bridgehead atoms. The van der Waals surface area contributed by atoms with E-state index < -0.39 is 0 Å². The van der Waals surface area contributed by atoms with Gasteiger partial charge in [0.25, 0.3) is 0 Å². The normalized spacial score (nSPS) is 21.1. The van der Waals surface area contributed by atoms with Crippen molar-refractivity contribution >= 4 is 0 Å². The highest BCUT2D eigenvalue weighted by molar-refractivity contribution is 5.29. The molecule has 2 unspecified atom stereocenters. The van der Waals surface area contributed by atoms with Gasteiger partial charge in [0.05, 0.1) is 6.10 Å². The van der Waals surface area contributed by atoms with E-state index in [1.807, 2.05) is 0 Å². The van der Waals surface area contributed by atoms with Crippen LogP contribution in [-0.2, 0) is 10.2 Å². The minimum Gasteiger partial charge on any atom is -0.378 e. The Morgan fingerprint density at radius 1 is 1.30 bits per heavy atom. The van der Waals surface area contributed by atoms with Crippen LogP contribution in [0.5, 0.6) is 0 Å². The van der Waals surface area contributed by atoms with E-state index in [9.17, 15) is 0 Å². The van der Waals surface area contributed by atoms with Crippen LogP contribution in [0.4, 0.5) is 0 Å². The first-order valence-corrected chi connectivity index (χ1v) is 8.00. The molecule has 112 valence electrons. The number of benzene rings is 1. The molecule has 1 heterocycles. The Morgan fingerprint density at radius 2 is 2.00 bits per heavy atom. The van der Waals surface area contributed by atoms with Crippen molar-refractivity contribution in [3.8, 4) is 0 Å². The molecule has 0 spiro atoms. The van der Waals surface area contributed by atoms with Crippen LogP contribution in [0.3, 0.4) is 0 Å². The van der Waals surface area contributed by atoms with Gasteiger partial charge in [-0.2, -0.15) is 0 Å². The monoisotopic (exact) mass is 275 g/mol. The van der Waals surface area contributed by atoms with Crippen LogP contribution in [0.1, 0.15) is 70.0 Å². The Bertz CT molecular complexity index is 404. The van der Waals surface area contributed by atoms with E-state index in [0.29, 0.717) is 6.10 Å². The summed E-state index contributed by atoms with van der Waals surface area (Å²) in [4.78, 5) is 0. The van der Waals surface area contributed by atoms with Gasteiger partial charge in [0, 0.05) is 12.6 Å². The first kappa shape index (κ1) is 15.5. The largest absolute Gasteiger partial charge is 0.378 e. The second-order valence-electron chi connectivity index (χ2n) is 6.68. The van der Waals surface area contributed by atoms with Crippen molar-refractivity contribution in [1.82, 2.24) is 0 Å². The van der Waals surface area contributed by atoms with E-state index in [4.69, 9.17) is 10.5 Å². The number of rotatable bonds is 6. The van der Waals surface area contributed by atoms with Crippen molar-refractivity contribution in [2.24, 2.45) is 5.73 Å². The lowest BCUT2D eigenvalue weighted by Gasteiger charge is -2.24. The highest BCUT2D eigenvalue weighted by Gasteiger charge is 2.19. The van der Waals surface area contributed by atoms with Crippen LogP contribution in [0.25, 0.3) is 0 Å². The first-order valence-electron chi connectivity index (χ1n) is 8.00. The van der Waals surface area contributed by atoms with Gasteiger partial charge in [0.1, 0.15) is 0 Å². The maximum absolute atomic E-state index is 6.31. The molecular formula is C18H29NO. The lowest BCUT2D eigenvalue weighted by molar-refractivity contribution is 0.101. The summed E-state index contributed by atoms with van der Waals surface area (Å²) < 4.78 is 5.66. The van der Waals surface area contributed by atoms with E-state index in [0.717, 1.165) is 25.9 Å². The van der Waals surface area contributed by atoms with Gasteiger partial charge in [-0.05, 0) is 48.6 Å². The van der Waals surface area contributed by atoms with Crippen molar-refractivity contribution in [2.45, 2.75) is 70.4 Å². The molecule has 1 fully saturated rings. The molecule has 0 aromatic heterocycles. The summed E-state index contributed by atoms with van der Waals surface area (Å²) in [5.74, 6) is 0. The van der Waals surface area contributed by atoms with E-state index >= 15 is 0 Å². The third-order valence-corrected chi connectivity index (χ3v) is 4.83. The first-order chi connectivity index (χ1) is 9.53. The molecular weight excluding hydrogens is 246 g/mol. The second-order valence-corrected chi connectivity index (χ2v) is 6.68. The van der Waals surface area contributed by atoms with E-state index in [1.54, 1.807) is 0 Å². The van der Waals surface area contributed by atoms with E-state index in [-0.39, 0.29) is 11.5 Å². The average molecular weight is 275 g/mol. The van der Waals surface area contributed by atoms with Gasteiger partial charge in [0.15, 0.2) is 0 Å². The molecule has 0 amide bonds. The molecule has 2 atom stereocenters. The van der Waals surface area contributed by atoms with Gasteiger partial charge in [-0.25, -0.2) is 0 Å². The molecule has 0 saturated carbocycles. The summed E-state index contributed by atoms with van der Waals surface area (Å²) in [6.07, 6.45) is 6.11. The maximum Gasteiger partial charge on any atom is 0.0576 e. The quantitative estimate of drug-likeness (QED) is 0.838. The molecule has 2 N–H and O–H groups in total. The Balaban J connectivity index is 1.91. The van der Waals surface area contributed by atoms with E-state index in [1.165, 1.54) is 24.0 Å². The molecule has 1 aliphatic rings. The fraction of sp³-hybridized carbons (Fsp3) is 0.667. The Hall–Kier alpha value is -0.860. The minimum atomic E-state index is 0.137. The Morgan fingerprint density at radius 3 is 2.55 bits per heavy atom. The smallest absolute Gasteiger partial charge is 0.0576 e. The van der Waals surface area contributed by atoms with Gasteiger partial charge in [-0.15, -0.1) is 0 Å². The fourth-order valence-electron chi connectivity index (χ4n) is 2.79. The molecule has 1 aromatic rings. The maximum atomic E-state index is 6.31. The number of nitrogens with two attached hydrogens (primary N) is 1. The van der Waals surface area contributed by atoms with Crippen LogP contribution in [0.2, 0.25) is 0 Å². The minimum absolute atomic E-state index is 0.137. The molecule has 2 nitrogen and oxygen atoms in total. The van der Waals surface area contributed by atoms with Crippen molar-refractivity contribution in [2.75, 3.05) is 6.61 Å². The summed E-state index contributed by atoms with van der Waals surface area (Å²) in [5.41, 5.74) is 9.21. The average Bonchev–Trinajstić information content (AvgIpc) is 2.98. The summed E-state index contributed by atoms with van der Waals surface area (Å²) >= 11 is 0. The fourth-order valence-corrected chi connectivity index (χ4v) is 2.79. The Labute approximate surface area is 123 Å². The molecule has 1 saturated heterocycles. The summed E-state index contributed by atoms with van der Waals surface area (Å²) in [6.45, 7) is 7.75. The zero-order chi connectivity index (χ0) is 14.6. The summed E-state index contributed by atoms with van der Waals surface area (Å²) in [7, 11) is 0. The SMILES string of the molecule is CCC(C)(C)c1ccc(C(N)CCC2CCCO2)cc1. The van der Waals surface area contributed by atoms with Crippen molar-refractivity contribution in [3.05, 3.63) is 35.4 Å². The van der Waals surface area contributed by atoms with E-state index in [2.05, 4.69) is 45.0 Å². The Kier molecular flexibility index (Phi) is 5.22. The lowest BCUT2D eigenvalue weighted by Crippen LogP contribution is -2.17. The van der Waals surface area contributed by atoms with Crippen molar-refractivity contribution < 1.29 is 4.74 Å². The molecule has 20 heavy (non-hydrogen) atoms. The van der Waals surface area contributed by atoms with Crippen LogP contribution >= 0.6 is 0 Å². The van der Waals surface area contributed by atoms with Gasteiger partial charge in [-0.1, -0.05) is 45.0 Å². The summed E-state index contributed by atoms with van der Waals surface area (Å²) in [5, 5.41) is 0. The van der Waals surface area contributed by atoms with Crippen LogP contribution < -0.4 is 5.73 Å². The third kappa shape index (κ3) is 3.83. The molecule has 2 rings (SSSR count). The van der Waals surface area contributed by atoms with Crippen LogP contribution in [0, 0.1) is 0 Å². The molecule has 0 radical (unpaired) electrons. The molecule has 1 aliphatic heterocycles. The van der Waals surface area contributed by atoms with Crippen molar-refractivity contribution in [1.29, 1.82) is 0 Å². The van der Waals surface area contributed by atoms with Gasteiger partial charge < -0.3 is 10.5 Å². The molecule has 2 heteroatoms. The van der Waals surface area contributed by atoms with Crippen LogP contribution in [-0.4, -0.2) is 12.7 Å². The predicted octanol–water partition coefficient (Wildman–Crippen LogP) is 4.33. The van der Waals surface area contributed by atoms with Gasteiger partial charge in [-0.3, -0.25) is 0 Å². The number of hydrogen-bond acceptors (Lipinski definition) is 2. The summed E-state index contributed by atoms with van der Waals surface area (Å²) in [6, 6.07) is 9.02. The highest BCUT2D eigenvalue weighted by atomic mass is 16.5. The number of ether oxygens (including phenoxy) is 1. The zero-order valence-corrected chi connectivity index (χ0v) is 13.2. The standard InChI is InChI=1S/C18H29NO/c1-4-18(2,3)15-9-7-14(8-10-15)17(19)12-11-16-6-5-13-20-16/h7-10,16-17H,4-6,11-13,19H2,1-3H3. The van der Waals surface area contributed by atoms with Gasteiger partial charge >= 0.3 is 0 Å². The second kappa shape index (κ2) is 6.73. The molecule has 0 aliphatic carbocycles.